The fourth-order valence-corrected chi connectivity index (χ4v) is 4.02. The van der Waals surface area contributed by atoms with Crippen molar-refractivity contribution in [2.24, 2.45) is 0 Å². The van der Waals surface area contributed by atoms with Crippen molar-refractivity contribution in [1.82, 2.24) is 15.2 Å². The summed E-state index contributed by atoms with van der Waals surface area (Å²) in [6, 6.07) is 9.21. The van der Waals surface area contributed by atoms with Crippen molar-refractivity contribution in [2.75, 3.05) is 13.7 Å². The zero-order chi connectivity index (χ0) is 23.5. The van der Waals surface area contributed by atoms with E-state index in [1.807, 2.05) is 51.1 Å². The molecular weight excluding hydrogens is 498 g/mol. The van der Waals surface area contributed by atoms with Gasteiger partial charge in [0.15, 0.2) is 0 Å². The monoisotopic (exact) mass is 523 g/mol. The number of carbonyl (C=O) groups is 2. The number of aromatic nitrogens is 1. The third kappa shape index (κ3) is 6.13. The number of benzene rings is 1. The molecule has 1 N–H and O–H groups in total. The summed E-state index contributed by atoms with van der Waals surface area (Å²) >= 11 is 9.86. The maximum atomic E-state index is 12.9. The van der Waals surface area contributed by atoms with Gasteiger partial charge in [0, 0.05) is 34.6 Å². The van der Waals surface area contributed by atoms with Crippen molar-refractivity contribution >= 4 is 39.5 Å². The highest BCUT2D eigenvalue weighted by molar-refractivity contribution is 9.10. The number of ether oxygens (including phenoxy) is 2. The first-order chi connectivity index (χ1) is 15.1. The number of carbonyl (C=O) groups excluding carboxylic acids is 2. The summed E-state index contributed by atoms with van der Waals surface area (Å²) in [5.41, 5.74) is 1.50. The summed E-state index contributed by atoms with van der Waals surface area (Å²) in [5, 5.41) is 3.46. The van der Waals surface area contributed by atoms with E-state index < -0.39 is 11.7 Å². The van der Waals surface area contributed by atoms with Crippen LogP contribution in [-0.2, 0) is 16.1 Å². The molecule has 0 unspecified atom stereocenters. The third-order valence-electron chi connectivity index (χ3n) is 4.90. The smallest absolute Gasteiger partial charge is 0.410 e. The van der Waals surface area contributed by atoms with E-state index in [2.05, 4.69) is 26.2 Å². The molecule has 0 spiro atoms. The Balaban J connectivity index is 1.88. The molecular formula is C23H27BrClN3O4. The first-order valence-electron chi connectivity index (χ1n) is 10.3. The maximum Gasteiger partial charge on any atom is 0.410 e. The summed E-state index contributed by atoms with van der Waals surface area (Å²) in [5.74, 6) is 0.385. The standard InChI is InChI=1S/C23H27BrClN3O4/c1-23(2,3)32-22(30)28(13-15-9-11-19(29)26-15)12-14-8-10-18(27-21(14)31-4)16-6-5-7-17(24)20(16)25/h5-8,10,15H,9,11-13H2,1-4H3,(H,26,29)/t15-/m0/s1. The molecule has 1 aliphatic rings. The summed E-state index contributed by atoms with van der Waals surface area (Å²) in [4.78, 5) is 30.7. The van der Waals surface area contributed by atoms with Gasteiger partial charge in [-0.3, -0.25) is 4.79 Å². The van der Waals surface area contributed by atoms with E-state index in [0.29, 0.717) is 36.0 Å². The Kier molecular flexibility index (Phi) is 7.67. The molecule has 2 aromatic rings. The summed E-state index contributed by atoms with van der Waals surface area (Å²) < 4.78 is 11.9. The highest BCUT2D eigenvalue weighted by atomic mass is 79.9. The average molecular weight is 525 g/mol. The quantitative estimate of drug-likeness (QED) is 0.562. The van der Waals surface area contributed by atoms with Crippen molar-refractivity contribution in [3.63, 3.8) is 0 Å². The third-order valence-corrected chi connectivity index (χ3v) is 6.19. The molecule has 0 radical (unpaired) electrons. The summed E-state index contributed by atoms with van der Waals surface area (Å²) in [6.07, 6.45) is 0.674. The number of pyridine rings is 1. The fourth-order valence-electron chi connectivity index (χ4n) is 3.43. The molecule has 0 saturated carbocycles. The van der Waals surface area contributed by atoms with E-state index in [1.54, 1.807) is 4.90 Å². The SMILES string of the molecule is COc1nc(-c2cccc(Br)c2Cl)ccc1CN(C[C@@H]1CCC(=O)N1)C(=O)OC(C)(C)C. The first kappa shape index (κ1) is 24.3. The number of halogens is 2. The molecule has 0 aliphatic carbocycles. The second-order valence-electron chi connectivity index (χ2n) is 8.63. The summed E-state index contributed by atoms with van der Waals surface area (Å²) in [7, 11) is 1.53. The Morgan fingerprint density at radius 2 is 2.06 bits per heavy atom. The van der Waals surface area contributed by atoms with Gasteiger partial charge in [-0.05, 0) is 61.3 Å². The fraction of sp³-hybridized carbons (Fsp3) is 0.435. The normalized spacial score (nSPS) is 15.9. The molecule has 1 atom stereocenters. The topological polar surface area (TPSA) is 80.8 Å². The number of nitrogens with one attached hydrogen (secondary N) is 1. The van der Waals surface area contributed by atoms with Gasteiger partial charge in [-0.2, -0.15) is 0 Å². The summed E-state index contributed by atoms with van der Waals surface area (Å²) in [6.45, 7) is 6.02. The molecule has 0 bridgehead atoms. The van der Waals surface area contributed by atoms with Crippen LogP contribution >= 0.6 is 27.5 Å². The van der Waals surface area contributed by atoms with Crippen molar-refractivity contribution < 1.29 is 19.1 Å². The number of hydrogen-bond acceptors (Lipinski definition) is 5. The molecule has 1 saturated heterocycles. The highest BCUT2D eigenvalue weighted by Gasteiger charge is 2.29. The number of rotatable bonds is 6. The van der Waals surface area contributed by atoms with Gasteiger partial charge in [-0.1, -0.05) is 23.7 Å². The van der Waals surface area contributed by atoms with E-state index in [0.717, 1.165) is 15.6 Å². The minimum atomic E-state index is -0.641. The Hall–Kier alpha value is -2.32. The van der Waals surface area contributed by atoms with E-state index in [-0.39, 0.29) is 18.5 Å². The second kappa shape index (κ2) is 10.1. The van der Waals surface area contributed by atoms with Crippen LogP contribution in [0.4, 0.5) is 4.79 Å². The van der Waals surface area contributed by atoms with E-state index in [1.165, 1.54) is 7.11 Å². The molecule has 32 heavy (non-hydrogen) atoms. The zero-order valence-electron chi connectivity index (χ0n) is 18.6. The lowest BCUT2D eigenvalue weighted by atomic mass is 10.1. The van der Waals surface area contributed by atoms with Crippen LogP contribution in [0.25, 0.3) is 11.3 Å². The van der Waals surface area contributed by atoms with Gasteiger partial charge in [0.1, 0.15) is 5.60 Å². The molecule has 1 aliphatic heterocycles. The van der Waals surface area contributed by atoms with E-state index in [9.17, 15) is 9.59 Å². The minimum Gasteiger partial charge on any atom is -0.481 e. The molecule has 3 rings (SSSR count). The molecule has 1 aromatic carbocycles. The predicted molar refractivity (Wildman–Crippen MR) is 127 cm³/mol. The van der Waals surface area contributed by atoms with Crippen LogP contribution in [0.1, 0.15) is 39.2 Å². The molecule has 1 fully saturated rings. The van der Waals surface area contributed by atoms with Gasteiger partial charge >= 0.3 is 6.09 Å². The van der Waals surface area contributed by atoms with Crippen LogP contribution in [0.5, 0.6) is 5.88 Å². The van der Waals surface area contributed by atoms with Crippen molar-refractivity contribution in [3.8, 4) is 17.1 Å². The van der Waals surface area contributed by atoms with Gasteiger partial charge in [-0.25, -0.2) is 9.78 Å². The van der Waals surface area contributed by atoms with Crippen LogP contribution in [0, 0.1) is 0 Å². The van der Waals surface area contributed by atoms with Crippen molar-refractivity contribution in [2.45, 2.75) is 51.8 Å². The Morgan fingerprint density at radius 1 is 1.31 bits per heavy atom. The van der Waals surface area contributed by atoms with Crippen molar-refractivity contribution in [3.05, 3.63) is 45.4 Å². The Bertz CT molecular complexity index is 1010. The van der Waals surface area contributed by atoms with Crippen LogP contribution < -0.4 is 10.1 Å². The number of amides is 2. The lowest BCUT2D eigenvalue weighted by Gasteiger charge is -2.29. The Labute approximate surface area is 201 Å². The van der Waals surface area contributed by atoms with Gasteiger partial charge in [-0.15, -0.1) is 0 Å². The van der Waals surface area contributed by atoms with Crippen LogP contribution in [0.3, 0.4) is 0 Å². The van der Waals surface area contributed by atoms with E-state index >= 15 is 0 Å². The molecule has 172 valence electrons. The van der Waals surface area contributed by atoms with Crippen LogP contribution in [0.15, 0.2) is 34.8 Å². The lowest BCUT2D eigenvalue weighted by Crippen LogP contribution is -2.43. The Morgan fingerprint density at radius 3 is 2.69 bits per heavy atom. The molecule has 7 nitrogen and oxygen atoms in total. The molecule has 2 amide bonds. The number of hydrogen-bond donors (Lipinski definition) is 1. The minimum absolute atomic E-state index is 0.00589. The lowest BCUT2D eigenvalue weighted by molar-refractivity contribution is -0.119. The first-order valence-corrected chi connectivity index (χ1v) is 11.5. The number of methoxy groups -OCH3 is 1. The van der Waals surface area contributed by atoms with Gasteiger partial charge in [0.25, 0.3) is 0 Å². The number of nitrogens with zero attached hydrogens (tertiary/aromatic N) is 2. The largest absolute Gasteiger partial charge is 0.481 e. The van der Waals surface area contributed by atoms with Gasteiger partial charge < -0.3 is 19.7 Å². The van der Waals surface area contributed by atoms with Crippen LogP contribution in [-0.4, -0.2) is 47.2 Å². The maximum absolute atomic E-state index is 12.9. The molecule has 9 heteroatoms. The van der Waals surface area contributed by atoms with Gasteiger partial charge in [0.2, 0.25) is 11.8 Å². The van der Waals surface area contributed by atoms with Crippen molar-refractivity contribution in [1.29, 1.82) is 0 Å². The van der Waals surface area contributed by atoms with Crippen LogP contribution in [0.2, 0.25) is 5.02 Å². The van der Waals surface area contributed by atoms with E-state index in [4.69, 9.17) is 21.1 Å². The predicted octanol–water partition coefficient (Wildman–Crippen LogP) is 5.19. The average Bonchev–Trinajstić information content (AvgIpc) is 3.13. The molecule has 2 heterocycles. The highest BCUT2D eigenvalue weighted by Crippen LogP contribution is 2.34. The van der Waals surface area contributed by atoms with Gasteiger partial charge in [0.05, 0.1) is 24.4 Å². The molecule has 1 aromatic heterocycles. The second-order valence-corrected chi connectivity index (χ2v) is 9.86. The zero-order valence-corrected chi connectivity index (χ0v) is 20.9.